The van der Waals surface area contributed by atoms with E-state index in [9.17, 15) is 0 Å². The van der Waals surface area contributed by atoms with Crippen LogP contribution in [0.1, 0.15) is 25.5 Å². The van der Waals surface area contributed by atoms with Crippen LogP contribution in [0, 0.1) is 6.92 Å². The summed E-state index contributed by atoms with van der Waals surface area (Å²) >= 11 is 0. The first-order chi connectivity index (χ1) is 8.66. The minimum Gasteiger partial charge on any atom is -0.373 e. The lowest BCUT2D eigenvalue weighted by molar-refractivity contribution is 0.0314. The van der Waals surface area contributed by atoms with Crippen molar-refractivity contribution in [2.24, 2.45) is 0 Å². The zero-order chi connectivity index (χ0) is 12.6. The number of rotatable bonds is 3. The average molecular weight is 246 g/mol. The molecule has 3 heterocycles. The monoisotopic (exact) mass is 246 g/mol. The molecule has 0 bridgehead atoms. The van der Waals surface area contributed by atoms with Gasteiger partial charge < -0.3 is 10.1 Å². The van der Waals surface area contributed by atoms with Gasteiger partial charge in [0.05, 0.1) is 5.60 Å². The Morgan fingerprint density at radius 2 is 2.39 bits per heavy atom. The van der Waals surface area contributed by atoms with Crippen molar-refractivity contribution in [3.05, 3.63) is 23.9 Å². The van der Waals surface area contributed by atoms with Crippen LogP contribution in [0.3, 0.4) is 0 Å². The minimum atomic E-state index is -0.0769. The molecule has 0 aliphatic carbocycles. The van der Waals surface area contributed by atoms with Gasteiger partial charge in [0.2, 0.25) is 5.95 Å². The van der Waals surface area contributed by atoms with Gasteiger partial charge in [0.15, 0.2) is 5.65 Å². The number of nitrogens with one attached hydrogen (secondary N) is 1. The lowest BCUT2D eigenvalue weighted by atomic mass is 10.0. The lowest BCUT2D eigenvalue weighted by Gasteiger charge is -2.22. The molecule has 0 amide bonds. The van der Waals surface area contributed by atoms with E-state index in [0.717, 1.165) is 37.3 Å². The van der Waals surface area contributed by atoms with E-state index in [4.69, 9.17) is 4.74 Å². The molecule has 0 aromatic carbocycles. The second kappa shape index (κ2) is 4.24. The highest BCUT2D eigenvalue weighted by Gasteiger charge is 2.29. The van der Waals surface area contributed by atoms with Crippen molar-refractivity contribution in [2.45, 2.75) is 32.3 Å². The molecule has 1 fully saturated rings. The first-order valence-corrected chi connectivity index (χ1v) is 6.37. The molecule has 1 aliphatic rings. The molecule has 18 heavy (non-hydrogen) atoms. The quantitative estimate of drug-likeness (QED) is 0.900. The Hall–Kier alpha value is -1.62. The summed E-state index contributed by atoms with van der Waals surface area (Å²) in [6.45, 7) is 5.76. The largest absolute Gasteiger partial charge is 0.373 e. The molecule has 1 saturated heterocycles. The zero-order valence-corrected chi connectivity index (χ0v) is 10.8. The summed E-state index contributed by atoms with van der Waals surface area (Å²) in [7, 11) is 0. The van der Waals surface area contributed by atoms with Gasteiger partial charge in [-0.3, -0.25) is 0 Å². The van der Waals surface area contributed by atoms with Crippen molar-refractivity contribution in [2.75, 3.05) is 18.5 Å². The van der Waals surface area contributed by atoms with E-state index in [1.807, 2.05) is 29.6 Å². The molecule has 1 unspecified atom stereocenters. The predicted molar refractivity (Wildman–Crippen MR) is 69.8 cm³/mol. The predicted octanol–water partition coefficient (Wildman–Crippen LogP) is 2.02. The molecule has 5 heteroatoms. The molecule has 5 nitrogen and oxygen atoms in total. The molecule has 0 radical (unpaired) electrons. The van der Waals surface area contributed by atoms with E-state index in [2.05, 4.69) is 22.3 Å². The van der Waals surface area contributed by atoms with Gasteiger partial charge in [-0.15, -0.1) is 5.10 Å². The first-order valence-electron chi connectivity index (χ1n) is 6.37. The van der Waals surface area contributed by atoms with Gasteiger partial charge in [0.25, 0.3) is 0 Å². The van der Waals surface area contributed by atoms with Crippen molar-refractivity contribution < 1.29 is 4.74 Å². The van der Waals surface area contributed by atoms with Crippen molar-refractivity contribution in [3.63, 3.8) is 0 Å². The number of fused-ring (bicyclic) bond motifs is 1. The molecule has 1 N–H and O–H groups in total. The molecule has 96 valence electrons. The maximum atomic E-state index is 5.74. The number of aryl methyl sites for hydroxylation is 1. The third-order valence-electron chi connectivity index (χ3n) is 3.47. The zero-order valence-electron chi connectivity index (χ0n) is 10.8. The Morgan fingerprint density at radius 3 is 3.11 bits per heavy atom. The van der Waals surface area contributed by atoms with E-state index >= 15 is 0 Å². The Kier molecular flexibility index (Phi) is 2.70. The third-order valence-corrected chi connectivity index (χ3v) is 3.47. The lowest BCUT2D eigenvalue weighted by Crippen LogP contribution is -2.32. The molecule has 2 aromatic heterocycles. The number of ether oxygens (including phenoxy) is 1. The molecule has 1 aliphatic heterocycles. The second-order valence-electron chi connectivity index (χ2n) is 5.13. The fourth-order valence-corrected chi connectivity index (χ4v) is 2.35. The average Bonchev–Trinajstić information content (AvgIpc) is 2.94. The molecule has 3 rings (SSSR count). The van der Waals surface area contributed by atoms with Gasteiger partial charge in [0, 0.05) is 18.8 Å². The SMILES string of the molecule is Cc1cccc2nc(NCC3(C)CCCO3)nn12. The highest BCUT2D eigenvalue weighted by atomic mass is 16.5. The summed E-state index contributed by atoms with van der Waals surface area (Å²) in [5.74, 6) is 0.668. The van der Waals surface area contributed by atoms with Gasteiger partial charge in [-0.2, -0.15) is 4.98 Å². The smallest absolute Gasteiger partial charge is 0.243 e. The number of aromatic nitrogens is 3. The van der Waals surface area contributed by atoms with Crippen LogP contribution in [-0.2, 0) is 4.74 Å². The summed E-state index contributed by atoms with van der Waals surface area (Å²) in [6.07, 6.45) is 2.22. The summed E-state index contributed by atoms with van der Waals surface area (Å²) in [5.41, 5.74) is 1.87. The fourth-order valence-electron chi connectivity index (χ4n) is 2.35. The number of nitrogens with zero attached hydrogens (tertiary/aromatic N) is 3. The third kappa shape index (κ3) is 2.06. The van der Waals surface area contributed by atoms with E-state index in [-0.39, 0.29) is 5.60 Å². The maximum Gasteiger partial charge on any atom is 0.243 e. The fraction of sp³-hybridized carbons (Fsp3) is 0.538. The van der Waals surface area contributed by atoms with Crippen molar-refractivity contribution in [3.8, 4) is 0 Å². The van der Waals surface area contributed by atoms with Crippen molar-refractivity contribution in [1.29, 1.82) is 0 Å². The van der Waals surface area contributed by atoms with E-state index in [0.29, 0.717) is 5.95 Å². The van der Waals surface area contributed by atoms with Crippen molar-refractivity contribution in [1.82, 2.24) is 14.6 Å². The van der Waals surface area contributed by atoms with Gasteiger partial charge in [-0.25, -0.2) is 4.52 Å². The Bertz CT molecular complexity index is 557. The molecule has 0 spiro atoms. The Balaban J connectivity index is 1.77. The van der Waals surface area contributed by atoms with Gasteiger partial charge in [-0.05, 0) is 38.8 Å². The van der Waals surface area contributed by atoms with Crippen LogP contribution < -0.4 is 5.32 Å². The number of pyridine rings is 1. The normalized spacial score (nSPS) is 23.7. The summed E-state index contributed by atoms with van der Waals surface area (Å²) < 4.78 is 7.58. The van der Waals surface area contributed by atoms with Crippen LogP contribution in [0.5, 0.6) is 0 Å². The molecular weight excluding hydrogens is 228 g/mol. The molecule has 2 aromatic rings. The summed E-state index contributed by atoms with van der Waals surface area (Å²) in [4.78, 5) is 4.45. The second-order valence-corrected chi connectivity index (χ2v) is 5.13. The summed E-state index contributed by atoms with van der Waals surface area (Å²) in [5, 5.41) is 7.72. The van der Waals surface area contributed by atoms with E-state index < -0.39 is 0 Å². The van der Waals surface area contributed by atoms with E-state index in [1.165, 1.54) is 0 Å². The van der Waals surface area contributed by atoms with E-state index in [1.54, 1.807) is 0 Å². The standard InChI is InChI=1S/C13H18N4O/c1-10-5-3-6-11-15-12(16-17(10)11)14-9-13(2)7-4-8-18-13/h3,5-6H,4,7-9H2,1-2H3,(H,14,16). The highest BCUT2D eigenvalue weighted by molar-refractivity contribution is 5.44. The van der Waals surface area contributed by atoms with Crippen LogP contribution in [0.25, 0.3) is 5.65 Å². The number of hydrogen-bond donors (Lipinski definition) is 1. The van der Waals surface area contributed by atoms with Gasteiger partial charge in [0.1, 0.15) is 0 Å². The first kappa shape index (κ1) is 11.5. The summed E-state index contributed by atoms with van der Waals surface area (Å²) in [6, 6.07) is 5.97. The van der Waals surface area contributed by atoms with Crippen LogP contribution in [0.2, 0.25) is 0 Å². The van der Waals surface area contributed by atoms with Gasteiger partial charge in [-0.1, -0.05) is 6.07 Å². The Morgan fingerprint density at radius 1 is 1.50 bits per heavy atom. The number of hydrogen-bond acceptors (Lipinski definition) is 4. The topological polar surface area (TPSA) is 51.5 Å². The van der Waals surface area contributed by atoms with Crippen LogP contribution in [0.15, 0.2) is 18.2 Å². The number of anilines is 1. The van der Waals surface area contributed by atoms with Crippen LogP contribution >= 0.6 is 0 Å². The highest BCUT2D eigenvalue weighted by Crippen LogP contribution is 2.25. The molecular formula is C13H18N4O. The Labute approximate surface area is 106 Å². The van der Waals surface area contributed by atoms with Crippen LogP contribution in [0.4, 0.5) is 5.95 Å². The minimum absolute atomic E-state index is 0.0769. The van der Waals surface area contributed by atoms with Gasteiger partial charge >= 0.3 is 0 Å². The molecule has 1 atom stereocenters. The van der Waals surface area contributed by atoms with Crippen LogP contribution in [-0.4, -0.2) is 33.4 Å². The maximum absolute atomic E-state index is 5.74. The van der Waals surface area contributed by atoms with Crippen molar-refractivity contribution >= 4 is 11.6 Å². The molecule has 0 saturated carbocycles.